The van der Waals surface area contributed by atoms with Crippen molar-refractivity contribution in [2.75, 3.05) is 27.3 Å². The monoisotopic (exact) mass is 273 g/mol. The molecule has 0 saturated heterocycles. The molecule has 2 rings (SSSR count). The van der Waals surface area contributed by atoms with Crippen LogP contribution >= 0.6 is 0 Å². The van der Waals surface area contributed by atoms with E-state index in [2.05, 4.69) is 4.98 Å². The van der Waals surface area contributed by atoms with Gasteiger partial charge in [0.2, 0.25) is 0 Å². The van der Waals surface area contributed by atoms with Gasteiger partial charge in [-0.3, -0.25) is 4.79 Å². The Balaban J connectivity index is 2.14. The fourth-order valence-electron chi connectivity index (χ4n) is 2.08. The second-order valence-electron chi connectivity index (χ2n) is 4.79. The lowest BCUT2D eigenvalue weighted by atomic mass is 10.2. The van der Waals surface area contributed by atoms with Crippen LogP contribution in [0.15, 0.2) is 36.4 Å². The molecule has 1 amide bonds. The zero-order valence-electron chi connectivity index (χ0n) is 11.7. The second-order valence-corrected chi connectivity index (χ2v) is 4.79. The summed E-state index contributed by atoms with van der Waals surface area (Å²) >= 11 is 0. The summed E-state index contributed by atoms with van der Waals surface area (Å²) in [4.78, 5) is 18.3. The number of para-hydroxylation sites is 1. The number of rotatable bonds is 5. The van der Waals surface area contributed by atoms with Crippen LogP contribution in [0.4, 0.5) is 0 Å². The first kappa shape index (κ1) is 14.4. The van der Waals surface area contributed by atoms with Gasteiger partial charge in [0.05, 0.1) is 12.1 Å². The Bertz CT molecular complexity index is 600. The molecular weight excluding hydrogens is 254 g/mol. The van der Waals surface area contributed by atoms with Crippen molar-refractivity contribution in [2.24, 2.45) is 5.73 Å². The van der Waals surface area contributed by atoms with Crippen molar-refractivity contribution in [3.63, 3.8) is 0 Å². The number of ether oxygens (including phenoxy) is 1. The van der Waals surface area contributed by atoms with Crippen molar-refractivity contribution in [3.8, 4) is 0 Å². The summed E-state index contributed by atoms with van der Waals surface area (Å²) in [5, 5.41) is 1.02. The lowest BCUT2D eigenvalue weighted by molar-refractivity contribution is 0.0759. The van der Waals surface area contributed by atoms with Gasteiger partial charge in [0.15, 0.2) is 0 Å². The van der Waals surface area contributed by atoms with Gasteiger partial charge < -0.3 is 15.4 Å². The number of hydrogen-bond donors (Lipinski definition) is 1. The van der Waals surface area contributed by atoms with Gasteiger partial charge in [-0.05, 0) is 12.1 Å². The minimum atomic E-state index is -0.200. The molecule has 0 fully saturated rings. The maximum absolute atomic E-state index is 12.3. The van der Waals surface area contributed by atoms with Gasteiger partial charge in [-0.2, -0.15) is 0 Å². The molecule has 0 aliphatic rings. The predicted octanol–water partition coefficient (Wildman–Crippen LogP) is 1.28. The molecule has 0 radical (unpaired) electrons. The van der Waals surface area contributed by atoms with E-state index in [0.29, 0.717) is 18.8 Å². The van der Waals surface area contributed by atoms with E-state index in [0.717, 1.165) is 10.9 Å². The summed E-state index contributed by atoms with van der Waals surface area (Å²) < 4.78 is 4.97. The molecule has 0 spiro atoms. The summed E-state index contributed by atoms with van der Waals surface area (Å²) in [5.74, 6) is -0.137. The highest BCUT2D eigenvalue weighted by Crippen LogP contribution is 2.12. The van der Waals surface area contributed by atoms with Crippen LogP contribution in [0, 0.1) is 0 Å². The van der Waals surface area contributed by atoms with Gasteiger partial charge in [-0.25, -0.2) is 4.98 Å². The Morgan fingerprint density at radius 2 is 2.10 bits per heavy atom. The topological polar surface area (TPSA) is 68.5 Å². The van der Waals surface area contributed by atoms with E-state index in [1.54, 1.807) is 25.1 Å². The van der Waals surface area contributed by atoms with E-state index in [4.69, 9.17) is 10.5 Å². The average Bonchev–Trinajstić information content (AvgIpc) is 2.46. The molecule has 0 aliphatic heterocycles. The lowest BCUT2D eigenvalue weighted by Crippen LogP contribution is -2.41. The zero-order chi connectivity index (χ0) is 14.5. The smallest absolute Gasteiger partial charge is 0.272 e. The van der Waals surface area contributed by atoms with Gasteiger partial charge in [-0.15, -0.1) is 0 Å². The van der Waals surface area contributed by atoms with Crippen molar-refractivity contribution in [2.45, 2.75) is 6.04 Å². The quantitative estimate of drug-likeness (QED) is 0.891. The highest BCUT2D eigenvalue weighted by molar-refractivity contribution is 5.94. The Morgan fingerprint density at radius 1 is 1.35 bits per heavy atom. The average molecular weight is 273 g/mol. The first-order chi connectivity index (χ1) is 9.61. The third kappa shape index (κ3) is 3.31. The number of nitrogens with zero attached hydrogens (tertiary/aromatic N) is 2. The minimum Gasteiger partial charge on any atom is -0.383 e. The number of fused-ring (bicyclic) bond motifs is 1. The van der Waals surface area contributed by atoms with Crippen LogP contribution in [0.1, 0.15) is 10.5 Å². The fourth-order valence-corrected chi connectivity index (χ4v) is 2.08. The summed E-state index contributed by atoms with van der Waals surface area (Å²) in [6.45, 7) is 0.851. The Labute approximate surface area is 118 Å². The molecule has 2 aromatic rings. The highest BCUT2D eigenvalue weighted by atomic mass is 16.5. The van der Waals surface area contributed by atoms with Crippen LogP contribution in [0.3, 0.4) is 0 Å². The van der Waals surface area contributed by atoms with Gasteiger partial charge in [0, 0.05) is 32.1 Å². The van der Waals surface area contributed by atoms with Crippen LogP contribution < -0.4 is 5.73 Å². The number of amides is 1. The summed E-state index contributed by atoms with van der Waals surface area (Å²) in [5.41, 5.74) is 7.09. The molecular formula is C15H19N3O2. The maximum atomic E-state index is 12.3. The van der Waals surface area contributed by atoms with Crippen molar-refractivity contribution in [1.29, 1.82) is 0 Å². The van der Waals surface area contributed by atoms with Crippen molar-refractivity contribution in [3.05, 3.63) is 42.1 Å². The highest BCUT2D eigenvalue weighted by Gasteiger charge is 2.16. The normalized spacial score (nSPS) is 12.3. The van der Waals surface area contributed by atoms with E-state index in [-0.39, 0.29) is 11.9 Å². The van der Waals surface area contributed by atoms with Crippen LogP contribution in [-0.4, -0.2) is 49.1 Å². The second kappa shape index (κ2) is 6.45. The van der Waals surface area contributed by atoms with E-state index in [1.807, 2.05) is 30.3 Å². The molecule has 0 saturated carbocycles. The van der Waals surface area contributed by atoms with Crippen LogP contribution in [-0.2, 0) is 4.74 Å². The molecule has 1 aromatic carbocycles. The third-order valence-corrected chi connectivity index (χ3v) is 3.05. The number of pyridine rings is 1. The number of aromatic nitrogens is 1. The fraction of sp³-hybridized carbons (Fsp3) is 0.333. The number of nitrogens with two attached hydrogens (primary N) is 1. The van der Waals surface area contributed by atoms with Gasteiger partial charge >= 0.3 is 0 Å². The molecule has 1 heterocycles. The Hall–Kier alpha value is -1.98. The van der Waals surface area contributed by atoms with E-state index in [1.165, 1.54) is 0 Å². The summed E-state index contributed by atoms with van der Waals surface area (Å²) in [7, 11) is 3.31. The minimum absolute atomic E-state index is 0.137. The molecule has 5 heteroatoms. The molecule has 1 atom stereocenters. The molecule has 106 valence electrons. The standard InChI is InChI=1S/C15H19N3O2/c1-18(9-12(16)10-20-2)15(19)14-8-7-11-5-3-4-6-13(11)17-14/h3-8,12H,9-10,16H2,1-2H3. The maximum Gasteiger partial charge on any atom is 0.272 e. The Morgan fingerprint density at radius 3 is 2.85 bits per heavy atom. The zero-order valence-corrected chi connectivity index (χ0v) is 11.7. The SMILES string of the molecule is COCC(N)CN(C)C(=O)c1ccc2ccccc2n1. The molecule has 0 bridgehead atoms. The van der Waals surface area contributed by atoms with Crippen molar-refractivity contribution in [1.82, 2.24) is 9.88 Å². The molecule has 1 aromatic heterocycles. The lowest BCUT2D eigenvalue weighted by Gasteiger charge is -2.20. The van der Waals surface area contributed by atoms with E-state index >= 15 is 0 Å². The van der Waals surface area contributed by atoms with Crippen LogP contribution in [0.25, 0.3) is 10.9 Å². The third-order valence-electron chi connectivity index (χ3n) is 3.05. The first-order valence-corrected chi connectivity index (χ1v) is 6.47. The molecule has 2 N–H and O–H groups in total. The number of methoxy groups -OCH3 is 1. The number of likely N-dealkylation sites (N-methyl/N-ethyl adjacent to an activating group) is 1. The van der Waals surface area contributed by atoms with E-state index in [9.17, 15) is 4.79 Å². The number of carbonyl (C=O) groups is 1. The number of hydrogen-bond acceptors (Lipinski definition) is 4. The van der Waals surface area contributed by atoms with Crippen LogP contribution in [0.5, 0.6) is 0 Å². The Kier molecular flexibility index (Phi) is 4.65. The number of benzene rings is 1. The van der Waals surface area contributed by atoms with Gasteiger partial charge in [-0.1, -0.05) is 24.3 Å². The first-order valence-electron chi connectivity index (χ1n) is 6.47. The predicted molar refractivity (Wildman–Crippen MR) is 78.6 cm³/mol. The van der Waals surface area contributed by atoms with Gasteiger partial charge in [0.25, 0.3) is 5.91 Å². The number of carbonyl (C=O) groups excluding carboxylic acids is 1. The molecule has 20 heavy (non-hydrogen) atoms. The molecule has 1 unspecified atom stereocenters. The summed E-state index contributed by atoms with van der Waals surface area (Å²) in [6, 6.07) is 11.1. The van der Waals surface area contributed by atoms with Gasteiger partial charge in [0.1, 0.15) is 5.69 Å². The van der Waals surface area contributed by atoms with Crippen LogP contribution in [0.2, 0.25) is 0 Å². The van der Waals surface area contributed by atoms with Crippen molar-refractivity contribution < 1.29 is 9.53 Å². The molecule has 5 nitrogen and oxygen atoms in total. The van der Waals surface area contributed by atoms with Crippen molar-refractivity contribution >= 4 is 16.8 Å². The summed E-state index contributed by atoms with van der Waals surface area (Å²) in [6.07, 6.45) is 0. The molecule has 0 aliphatic carbocycles. The largest absolute Gasteiger partial charge is 0.383 e. The van der Waals surface area contributed by atoms with E-state index < -0.39 is 0 Å².